The summed E-state index contributed by atoms with van der Waals surface area (Å²) in [6, 6.07) is 0.275. The van der Waals surface area contributed by atoms with Crippen LogP contribution >= 0.6 is 0 Å². The van der Waals surface area contributed by atoms with Gasteiger partial charge in [-0.1, -0.05) is 20.3 Å². The van der Waals surface area contributed by atoms with Crippen molar-refractivity contribution in [2.75, 3.05) is 6.54 Å². The summed E-state index contributed by atoms with van der Waals surface area (Å²) in [5.74, 6) is -0.283. The van der Waals surface area contributed by atoms with Crippen molar-refractivity contribution in [1.29, 1.82) is 0 Å². The summed E-state index contributed by atoms with van der Waals surface area (Å²) >= 11 is 0. The lowest BCUT2D eigenvalue weighted by molar-refractivity contribution is -0.231. The van der Waals surface area contributed by atoms with Gasteiger partial charge in [0, 0.05) is 6.04 Å². The van der Waals surface area contributed by atoms with Crippen LogP contribution in [0.25, 0.3) is 0 Å². The summed E-state index contributed by atoms with van der Waals surface area (Å²) in [6.45, 7) is 6.81. The largest absolute Gasteiger partial charge is 0.414 e. The van der Waals surface area contributed by atoms with Crippen molar-refractivity contribution < 1.29 is 18.3 Å². The fourth-order valence-corrected chi connectivity index (χ4v) is 3.65. The molecular formula is C14H26F3NO. The van der Waals surface area contributed by atoms with Crippen molar-refractivity contribution in [3.63, 3.8) is 0 Å². The zero-order chi connectivity index (χ0) is 14.6. The fraction of sp³-hybridized carbons (Fsp3) is 1.00. The lowest BCUT2D eigenvalue weighted by atomic mass is 9.64. The lowest BCUT2D eigenvalue weighted by Crippen LogP contribution is -2.52. The second kappa shape index (κ2) is 6.93. The van der Waals surface area contributed by atoms with E-state index in [-0.39, 0.29) is 12.0 Å². The molecule has 2 nitrogen and oxygen atoms in total. The van der Waals surface area contributed by atoms with Crippen LogP contribution in [0.2, 0.25) is 0 Å². The number of hydrogen-bond acceptors (Lipinski definition) is 2. The minimum atomic E-state index is -4.47. The number of hydrogen-bond donors (Lipinski definition) is 2. The maximum absolute atomic E-state index is 12.6. The molecule has 0 spiro atoms. The molecule has 0 amide bonds. The van der Waals surface area contributed by atoms with Gasteiger partial charge in [0.2, 0.25) is 0 Å². The van der Waals surface area contributed by atoms with Crippen LogP contribution in [0.5, 0.6) is 0 Å². The van der Waals surface area contributed by atoms with Crippen molar-refractivity contribution in [3.8, 4) is 0 Å². The highest BCUT2D eigenvalue weighted by Gasteiger charge is 2.49. The Morgan fingerprint density at radius 2 is 1.74 bits per heavy atom. The maximum Gasteiger partial charge on any atom is 0.414 e. The zero-order valence-corrected chi connectivity index (χ0v) is 12.0. The van der Waals surface area contributed by atoms with Crippen LogP contribution in [0.3, 0.4) is 0 Å². The van der Waals surface area contributed by atoms with Crippen LogP contribution in [0.15, 0.2) is 0 Å². The first-order valence-corrected chi connectivity index (χ1v) is 7.39. The average molecular weight is 281 g/mol. The van der Waals surface area contributed by atoms with E-state index in [0.29, 0.717) is 12.3 Å². The SMILES string of the molecule is CC.CC1NCCC2C1CCCC2C(O)C(F)(F)F. The van der Waals surface area contributed by atoms with E-state index < -0.39 is 18.2 Å². The minimum Gasteiger partial charge on any atom is -0.383 e. The molecule has 5 atom stereocenters. The van der Waals surface area contributed by atoms with Crippen molar-refractivity contribution in [1.82, 2.24) is 5.32 Å². The summed E-state index contributed by atoms with van der Waals surface area (Å²) in [4.78, 5) is 0. The first-order chi connectivity index (χ1) is 8.91. The van der Waals surface area contributed by atoms with E-state index in [1.54, 1.807) is 0 Å². The van der Waals surface area contributed by atoms with Crippen molar-refractivity contribution >= 4 is 0 Å². The third-order valence-corrected chi connectivity index (χ3v) is 4.50. The molecule has 2 rings (SSSR count). The molecule has 2 N–H and O–H groups in total. The Balaban J connectivity index is 0.000000861. The lowest BCUT2D eigenvalue weighted by Gasteiger charge is -2.46. The van der Waals surface area contributed by atoms with E-state index in [9.17, 15) is 18.3 Å². The highest BCUT2D eigenvalue weighted by molar-refractivity contribution is 4.94. The Morgan fingerprint density at radius 3 is 2.32 bits per heavy atom. The molecule has 5 heteroatoms. The quantitative estimate of drug-likeness (QED) is 0.772. The number of nitrogens with one attached hydrogen (secondary N) is 1. The van der Waals surface area contributed by atoms with Gasteiger partial charge in [-0.3, -0.25) is 0 Å². The summed E-state index contributed by atoms with van der Waals surface area (Å²) in [5, 5.41) is 12.8. The predicted octanol–water partition coefficient (Wildman–Crippen LogP) is 3.35. The molecule has 0 aromatic heterocycles. The number of fused-ring (bicyclic) bond motifs is 1. The van der Waals surface area contributed by atoms with Crippen LogP contribution in [0.4, 0.5) is 13.2 Å². The number of alkyl halides is 3. The predicted molar refractivity (Wildman–Crippen MR) is 69.8 cm³/mol. The zero-order valence-electron chi connectivity index (χ0n) is 12.0. The first kappa shape index (κ1) is 16.8. The van der Waals surface area contributed by atoms with Crippen LogP contribution in [0, 0.1) is 17.8 Å². The second-order valence-corrected chi connectivity index (χ2v) is 5.44. The van der Waals surface area contributed by atoms with E-state index in [0.717, 1.165) is 25.8 Å². The molecule has 0 aromatic rings. The summed E-state index contributed by atoms with van der Waals surface area (Å²) in [7, 11) is 0. The number of aliphatic hydroxyl groups excluding tert-OH is 1. The highest BCUT2D eigenvalue weighted by atomic mass is 19.4. The van der Waals surface area contributed by atoms with Gasteiger partial charge in [0.1, 0.15) is 0 Å². The number of piperidine rings is 1. The molecule has 114 valence electrons. The minimum absolute atomic E-state index is 0.0247. The third-order valence-electron chi connectivity index (χ3n) is 4.50. The Labute approximate surface area is 113 Å². The monoisotopic (exact) mass is 281 g/mol. The molecule has 0 radical (unpaired) electrons. The summed E-state index contributed by atoms with van der Waals surface area (Å²) < 4.78 is 37.9. The first-order valence-electron chi connectivity index (χ1n) is 7.39. The van der Waals surface area contributed by atoms with Crippen molar-refractivity contribution in [2.24, 2.45) is 17.8 Å². The molecule has 5 unspecified atom stereocenters. The molecule has 2 fully saturated rings. The highest BCUT2D eigenvalue weighted by Crippen LogP contribution is 2.45. The molecule has 1 saturated heterocycles. The van der Waals surface area contributed by atoms with E-state index in [2.05, 4.69) is 5.32 Å². The molecule has 0 aromatic carbocycles. The second-order valence-electron chi connectivity index (χ2n) is 5.44. The molecule has 0 bridgehead atoms. The molecule has 1 aliphatic heterocycles. The number of rotatable bonds is 1. The molecular weight excluding hydrogens is 255 g/mol. The van der Waals surface area contributed by atoms with Gasteiger partial charge in [0.25, 0.3) is 0 Å². The van der Waals surface area contributed by atoms with Gasteiger partial charge >= 0.3 is 6.18 Å². The number of aliphatic hydroxyl groups is 1. The van der Waals surface area contributed by atoms with Crippen LogP contribution in [0.1, 0.15) is 46.5 Å². The normalized spacial score (nSPS) is 36.8. The van der Waals surface area contributed by atoms with Gasteiger partial charge in [-0.25, -0.2) is 0 Å². The molecule has 1 aliphatic carbocycles. The van der Waals surface area contributed by atoms with Crippen LogP contribution in [-0.4, -0.2) is 30.0 Å². The Morgan fingerprint density at radius 1 is 1.11 bits per heavy atom. The van der Waals surface area contributed by atoms with Crippen LogP contribution in [-0.2, 0) is 0 Å². The molecule has 2 aliphatic rings. The van der Waals surface area contributed by atoms with E-state index in [1.165, 1.54) is 0 Å². The third kappa shape index (κ3) is 3.85. The van der Waals surface area contributed by atoms with E-state index in [1.807, 2.05) is 20.8 Å². The fourth-order valence-electron chi connectivity index (χ4n) is 3.65. The topological polar surface area (TPSA) is 32.3 Å². The maximum atomic E-state index is 12.6. The van der Waals surface area contributed by atoms with Gasteiger partial charge in [-0.15, -0.1) is 0 Å². The Kier molecular flexibility index (Phi) is 6.12. The Hall–Kier alpha value is -0.290. The van der Waals surface area contributed by atoms with Gasteiger partial charge < -0.3 is 10.4 Å². The van der Waals surface area contributed by atoms with E-state index >= 15 is 0 Å². The molecule has 19 heavy (non-hydrogen) atoms. The standard InChI is InChI=1S/C12H20F3NO.C2H6/c1-7-8-3-2-4-10(9(8)5-6-16-7)11(17)12(13,14)15;1-2/h7-11,16-17H,2-6H2,1H3;1-2H3. The van der Waals surface area contributed by atoms with Crippen LogP contribution < -0.4 is 5.32 Å². The average Bonchev–Trinajstić information content (AvgIpc) is 2.39. The Bertz CT molecular complexity index is 270. The van der Waals surface area contributed by atoms with E-state index in [4.69, 9.17) is 0 Å². The summed E-state index contributed by atoms with van der Waals surface area (Å²) in [5.41, 5.74) is 0. The van der Waals surface area contributed by atoms with Crippen molar-refractivity contribution in [3.05, 3.63) is 0 Å². The summed E-state index contributed by atoms with van der Waals surface area (Å²) in [6.07, 6.45) is -3.56. The van der Waals surface area contributed by atoms with Crippen molar-refractivity contribution in [2.45, 2.75) is 64.8 Å². The van der Waals surface area contributed by atoms with Gasteiger partial charge in [-0.2, -0.15) is 13.2 Å². The van der Waals surface area contributed by atoms with Gasteiger partial charge in [0.05, 0.1) is 0 Å². The van der Waals surface area contributed by atoms with Gasteiger partial charge in [-0.05, 0) is 50.5 Å². The molecule has 1 saturated carbocycles. The smallest absolute Gasteiger partial charge is 0.383 e. The van der Waals surface area contributed by atoms with Gasteiger partial charge in [0.15, 0.2) is 6.10 Å². The number of halogens is 3. The molecule has 1 heterocycles.